The summed E-state index contributed by atoms with van der Waals surface area (Å²) >= 11 is 6.22. The van der Waals surface area contributed by atoms with Gasteiger partial charge in [-0.05, 0) is 82.0 Å². The Kier molecular flexibility index (Phi) is 10.6. The number of ether oxygens (including phenoxy) is 1. The maximum atomic E-state index is 14.1. The van der Waals surface area contributed by atoms with Crippen LogP contribution < -0.4 is 15.4 Å². The summed E-state index contributed by atoms with van der Waals surface area (Å²) in [5, 5.41) is 7.61. The van der Waals surface area contributed by atoms with Crippen LogP contribution in [0.1, 0.15) is 73.3 Å². The van der Waals surface area contributed by atoms with Gasteiger partial charge in [-0.1, -0.05) is 63.6 Å². The van der Waals surface area contributed by atoms with E-state index in [1.165, 1.54) is 29.3 Å². The van der Waals surface area contributed by atoms with Crippen molar-refractivity contribution in [2.45, 2.75) is 64.9 Å². The van der Waals surface area contributed by atoms with Crippen LogP contribution in [-0.4, -0.2) is 19.5 Å². The van der Waals surface area contributed by atoms with Crippen molar-refractivity contribution in [2.75, 3.05) is 13.1 Å². The molecule has 0 fully saturated rings. The summed E-state index contributed by atoms with van der Waals surface area (Å²) < 4.78 is 55.2. The second-order valence-corrected chi connectivity index (χ2v) is 10.5. The number of hydrogen-bond donors (Lipinski definition) is 2. The lowest BCUT2D eigenvalue weighted by molar-refractivity contribution is -0.274. The average Bonchev–Trinajstić information content (AvgIpc) is 2.83. The van der Waals surface area contributed by atoms with Crippen LogP contribution in [0.5, 0.6) is 5.75 Å². The summed E-state index contributed by atoms with van der Waals surface area (Å²) in [5.74, 6) is 0.0418. The van der Waals surface area contributed by atoms with Gasteiger partial charge < -0.3 is 15.4 Å². The minimum atomic E-state index is -4.71. The summed E-state index contributed by atoms with van der Waals surface area (Å²) in [4.78, 5) is 0. The molecule has 2 unspecified atom stereocenters. The Bertz CT molecular complexity index is 1180. The highest BCUT2D eigenvalue weighted by atomic mass is 35.5. The lowest BCUT2D eigenvalue weighted by Gasteiger charge is -2.20. The van der Waals surface area contributed by atoms with E-state index in [-0.39, 0.29) is 23.4 Å². The first-order valence-corrected chi connectivity index (χ1v) is 13.1. The molecule has 3 rings (SSSR count). The Hall–Kier alpha value is -2.61. The van der Waals surface area contributed by atoms with Crippen molar-refractivity contribution in [1.29, 1.82) is 0 Å². The molecule has 206 valence electrons. The summed E-state index contributed by atoms with van der Waals surface area (Å²) in [6.07, 6.45) is -4.71. The van der Waals surface area contributed by atoms with E-state index < -0.39 is 6.36 Å². The lowest BCUT2D eigenvalue weighted by atomic mass is 9.94. The van der Waals surface area contributed by atoms with Crippen LogP contribution in [0.15, 0.2) is 60.7 Å². The third-order valence-corrected chi connectivity index (χ3v) is 6.81. The molecular formula is C30H35ClF4N2O. The van der Waals surface area contributed by atoms with Gasteiger partial charge in [0.2, 0.25) is 0 Å². The summed E-state index contributed by atoms with van der Waals surface area (Å²) in [7, 11) is 0. The quantitative estimate of drug-likeness (QED) is 0.223. The molecule has 0 heterocycles. The monoisotopic (exact) mass is 550 g/mol. The zero-order valence-corrected chi connectivity index (χ0v) is 22.9. The molecule has 0 aromatic heterocycles. The van der Waals surface area contributed by atoms with Crippen LogP contribution in [0.2, 0.25) is 5.02 Å². The van der Waals surface area contributed by atoms with E-state index in [1.807, 2.05) is 25.1 Å². The number of benzene rings is 3. The predicted octanol–water partition coefficient (Wildman–Crippen LogP) is 8.29. The van der Waals surface area contributed by atoms with E-state index in [2.05, 4.69) is 42.2 Å². The average molecular weight is 551 g/mol. The van der Waals surface area contributed by atoms with Crippen molar-refractivity contribution in [1.82, 2.24) is 10.6 Å². The highest BCUT2D eigenvalue weighted by molar-refractivity contribution is 6.30. The van der Waals surface area contributed by atoms with Crippen molar-refractivity contribution >= 4 is 11.6 Å². The Balaban J connectivity index is 1.57. The fraction of sp³-hybridized carbons (Fsp3) is 0.400. The standard InChI is InChI=1S/C30H35ClF4N2O/c1-19(2)28-11-7-25(31)13-23(28)17-37-16-21(4)29-12-8-26(32)14-24(29)18-36-15-20(3)22-5-9-27(10-6-22)38-30(33,34)35/h5-14,19-21,36-37H,15-18H2,1-4H3. The zero-order chi connectivity index (χ0) is 27.9. The normalized spacial score (nSPS) is 13.5. The van der Waals surface area contributed by atoms with Gasteiger partial charge in [0.15, 0.2) is 0 Å². The molecule has 2 atom stereocenters. The molecular weight excluding hydrogens is 516 g/mol. The van der Waals surface area contributed by atoms with E-state index in [0.717, 1.165) is 16.7 Å². The molecule has 0 amide bonds. The minimum absolute atomic E-state index is 0.0406. The van der Waals surface area contributed by atoms with Gasteiger partial charge in [0, 0.05) is 31.2 Å². The van der Waals surface area contributed by atoms with Gasteiger partial charge >= 0.3 is 6.36 Å². The number of rotatable bonds is 12. The Morgan fingerprint density at radius 2 is 1.34 bits per heavy atom. The fourth-order valence-electron chi connectivity index (χ4n) is 4.57. The predicted molar refractivity (Wildman–Crippen MR) is 145 cm³/mol. The van der Waals surface area contributed by atoms with Gasteiger partial charge in [-0.25, -0.2) is 4.39 Å². The van der Waals surface area contributed by atoms with E-state index in [9.17, 15) is 17.6 Å². The van der Waals surface area contributed by atoms with Gasteiger partial charge in [-0.3, -0.25) is 0 Å². The highest BCUT2D eigenvalue weighted by Crippen LogP contribution is 2.26. The molecule has 0 spiro atoms. The van der Waals surface area contributed by atoms with Gasteiger partial charge in [0.25, 0.3) is 0 Å². The molecule has 0 radical (unpaired) electrons. The number of halogens is 5. The first kappa shape index (κ1) is 29.9. The minimum Gasteiger partial charge on any atom is -0.406 e. The van der Waals surface area contributed by atoms with Crippen LogP contribution >= 0.6 is 11.6 Å². The van der Waals surface area contributed by atoms with E-state index in [4.69, 9.17) is 11.6 Å². The van der Waals surface area contributed by atoms with E-state index >= 15 is 0 Å². The first-order chi connectivity index (χ1) is 17.9. The van der Waals surface area contributed by atoms with Crippen LogP contribution in [0.25, 0.3) is 0 Å². The van der Waals surface area contributed by atoms with Crippen molar-refractivity contribution in [3.63, 3.8) is 0 Å². The second kappa shape index (κ2) is 13.5. The summed E-state index contributed by atoms with van der Waals surface area (Å²) in [5.41, 5.74) is 5.25. The zero-order valence-electron chi connectivity index (χ0n) is 22.1. The highest BCUT2D eigenvalue weighted by Gasteiger charge is 2.31. The smallest absolute Gasteiger partial charge is 0.406 e. The fourth-order valence-corrected chi connectivity index (χ4v) is 4.77. The summed E-state index contributed by atoms with van der Waals surface area (Å²) in [6.45, 7) is 10.9. The van der Waals surface area contributed by atoms with Gasteiger partial charge in [-0.15, -0.1) is 13.2 Å². The third kappa shape index (κ3) is 9.00. The van der Waals surface area contributed by atoms with Crippen LogP contribution in [0, 0.1) is 5.82 Å². The second-order valence-electron chi connectivity index (χ2n) is 10.0. The summed E-state index contributed by atoms with van der Waals surface area (Å²) in [6, 6.07) is 16.7. The van der Waals surface area contributed by atoms with Crippen molar-refractivity contribution in [3.8, 4) is 5.75 Å². The molecule has 0 aliphatic rings. The molecule has 0 aliphatic carbocycles. The number of nitrogens with one attached hydrogen (secondary N) is 2. The molecule has 3 aromatic carbocycles. The maximum Gasteiger partial charge on any atom is 0.573 e. The molecule has 3 aromatic rings. The van der Waals surface area contributed by atoms with Gasteiger partial charge in [-0.2, -0.15) is 0 Å². The molecule has 2 N–H and O–H groups in total. The van der Waals surface area contributed by atoms with Crippen LogP contribution in [-0.2, 0) is 13.1 Å². The largest absolute Gasteiger partial charge is 0.573 e. The molecule has 38 heavy (non-hydrogen) atoms. The van der Waals surface area contributed by atoms with Crippen molar-refractivity contribution in [2.24, 2.45) is 0 Å². The molecule has 8 heteroatoms. The third-order valence-electron chi connectivity index (χ3n) is 6.58. The van der Waals surface area contributed by atoms with E-state index in [1.54, 1.807) is 18.2 Å². The van der Waals surface area contributed by atoms with Crippen LogP contribution in [0.3, 0.4) is 0 Å². The van der Waals surface area contributed by atoms with Gasteiger partial charge in [0.1, 0.15) is 11.6 Å². The van der Waals surface area contributed by atoms with Gasteiger partial charge in [0.05, 0.1) is 0 Å². The topological polar surface area (TPSA) is 33.3 Å². The molecule has 3 nitrogen and oxygen atoms in total. The van der Waals surface area contributed by atoms with Crippen molar-refractivity contribution in [3.05, 3.63) is 99.3 Å². The Morgan fingerprint density at radius 3 is 1.95 bits per heavy atom. The van der Waals surface area contributed by atoms with E-state index in [0.29, 0.717) is 37.1 Å². The first-order valence-electron chi connectivity index (χ1n) is 12.8. The lowest BCUT2D eigenvalue weighted by Crippen LogP contribution is -2.24. The maximum absolute atomic E-state index is 14.1. The molecule has 0 saturated heterocycles. The Morgan fingerprint density at radius 1 is 0.763 bits per heavy atom. The molecule has 0 saturated carbocycles. The van der Waals surface area contributed by atoms with Crippen molar-refractivity contribution < 1.29 is 22.3 Å². The van der Waals surface area contributed by atoms with Crippen LogP contribution in [0.4, 0.5) is 17.6 Å². The number of hydrogen-bond acceptors (Lipinski definition) is 3. The number of alkyl halides is 3. The molecule has 0 bridgehead atoms. The SMILES string of the molecule is CC(C)c1ccc(Cl)cc1CNCC(C)c1ccc(F)cc1CNCC(C)c1ccc(OC(F)(F)F)cc1. The molecule has 0 aliphatic heterocycles. The Labute approximate surface area is 227 Å².